The average Bonchev–Trinajstić information content (AvgIpc) is 2.22. The molecule has 0 saturated heterocycles. The second-order valence-electron chi connectivity index (χ2n) is 3.02. The number of amides is 1. The zero-order valence-electron chi connectivity index (χ0n) is 8.09. The van der Waals surface area contributed by atoms with Gasteiger partial charge in [-0.15, -0.1) is 0 Å². The maximum absolute atomic E-state index is 11.7. The van der Waals surface area contributed by atoms with Gasteiger partial charge in [-0.2, -0.15) is 0 Å². The summed E-state index contributed by atoms with van der Waals surface area (Å²) < 4.78 is 0.733. The van der Waals surface area contributed by atoms with E-state index in [1.807, 2.05) is 0 Å². The zero-order chi connectivity index (χ0) is 11.3. The Kier molecular flexibility index (Phi) is 5.08. The molecule has 0 aliphatic carbocycles. The highest BCUT2D eigenvalue weighted by Crippen LogP contribution is 2.20. The van der Waals surface area contributed by atoms with Gasteiger partial charge in [0.2, 0.25) is 0 Å². The van der Waals surface area contributed by atoms with Gasteiger partial charge in [-0.05, 0) is 47.1 Å². The van der Waals surface area contributed by atoms with Crippen LogP contribution in [-0.4, -0.2) is 19.0 Å². The van der Waals surface area contributed by atoms with Gasteiger partial charge >= 0.3 is 0 Å². The zero-order valence-corrected chi connectivity index (χ0v) is 10.4. The van der Waals surface area contributed by atoms with E-state index >= 15 is 0 Å². The van der Waals surface area contributed by atoms with E-state index in [9.17, 15) is 4.79 Å². The highest BCUT2D eigenvalue weighted by molar-refractivity contribution is 9.10. The third-order valence-corrected chi connectivity index (χ3v) is 2.77. The summed E-state index contributed by atoms with van der Waals surface area (Å²) in [4.78, 5) is 11.7. The van der Waals surface area contributed by atoms with E-state index in [-0.39, 0.29) is 5.91 Å². The van der Waals surface area contributed by atoms with E-state index < -0.39 is 0 Å². The quantitative estimate of drug-likeness (QED) is 0.836. The summed E-state index contributed by atoms with van der Waals surface area (Å²) in [6.45, 7) is 1.14. The number of halogens is 2. The number of carbonyl (C=O) groups is 1. The molecule has 3 nitrogen and oxygen atoms in total. The Bertz CT molecular complexity index is 357. The minimum absolute atomic E-state index is 0.141. The standard InChI is InChI=1S/C10H12BrClN2O/c11-9-3-2-7(12)6-8(9)10(15)14-5-1-4-13/h2-3,6H,1,4-5,13H2,(H,14,15). The fraction of sp³-hybridized carbons (Fsp3) is 0.300. The summed E-state index contributed by atoms with van der Waals surface area (Å²) in [5.41, 5.74) is 5.87. The smallest absolute Gasteiger partial charge is 0.252 e. The molecule has 0 atom stereocenters. The van der Waals surface area contributed by atoms with Crippen molar-refractivity contribution in [1.29, 1.82) is 0 Å². The van der Waals surface area contributed by atoms with E-state index in [4.69, 9.17) is 17.3 Å². The van der Waals surface area contributed by atoms with Crippen molar-refractivity contribution in [2.24, 2.45) is 5.73 Å². The largest absolute Gasteiger partial charge is 0.352 e. The molecule has 0 fully saturated rings. The third-order valence-electron chi connectivity index (χ3n) is 1.84. The Morgan fingerprint density at radius 1 is 1.53 bits per heavy atom. The van der Waals surface area contributed by atoms with Crippen molar-refractivity contribution in [2.75, 3.05) is 13.1 Å². The van der Waals surface area contributed by atoms with Gasteiger partial charge in [0, 0.05) is 16.0 Å². The van der Waals surface area contributed by atoms with Gasteiger partial charge in [-0.3, -0.25) is 4.79 Å². The molecule has 1 aromatic rings. The van der Waals surface area contributed by atoms with E-state index in [0.29, 0.717) is 23.7 Å². The highest BCUT2D eigenvalue weighted by atomic mass is 79.9. The van der Waals surface area contributed by atoms with Crippen LogP contribution in [0.15, 0.2) is 22.7 Å². The van der Waals surface area contributed by atoms with E-state index in [0.717, 1.165) is 10.9 Å². The maximum atomic E-state index is 11.7. The summed E-state index contributed by atoms with van der Waals surface area (Å²) in [6, 6.07) is 5.10. The first-order valence-corrected chi connectivity index (χ1v) is 5.75. The number of rotatable bonds is 4. The first kappa shape index (κ1) is 12.5. The van der Waals surface area contributed by atoms with Crippen molar-refractivity contribution in [1.82, 2.24) is 5.32 Å². The van der Waals surface area contributed by atoms with Crippen molar-refractivity contribution in [2.45, 2.75) is 6.42 Å². The predicted molar refractivity (Wildman–Crippen MR) is 65.2 cm³/mol. The van der Waals surface area contributed by atoms with Crippen LogP contribution in [0.3, 0.4) is 0 Å². The number of hydrogen-bond donors (Lipinski definition) is 2. The predicted octanol–water partition coefficient (Wildman–Crippen LogP) is 2.18. The Balaban J connectivity index is 2.68. The molecule has 0 aliphatic rings. The highest BCUT2D eigenvalue weighted by Gasteiger charge is 2.09. The maximum Gasteiger partial charge on any atom is 0.252 e. The first-order valence-electron chi connectivity index (χ1n) is 4.58. The molecule has 3 N–H and O–H groups in total. The van der Waals surface area contributed by atoms with E-state index in [1.54, 1.807) is 18.2 Å². The van der Waals surface area contributed by atoms with Crippen LogP contribution >= 0.6 is 27.5 Å². The van der Waals surface area contributed by atoms with Gasteiger partial charge in [0.15, 0.2) is 0 Å². The Morgan fingerprint density at radius 2 is 2.27 bits per heavy atom. The van der Waals surface area contributed by atoms with E-state index in [1.165, 1.54) is 0 Å². The minimum atomic E-state index is -0.141. The van der Waals surface area contributed by atoms with Crippen LogP contribution < -0.4 is 11.1 Å². The van der Waals surface area contributed by atoms with Crippen molar-refractivity contribution in [3.05, 3.63) is 33.3 Å². The lowest BCUT2D eigenvalue weighted by atomic mass is 10.2. The van der Waals surface area contributed by atoms with Gasteiger partial charge in [0.1, 0.15) is 0 Å². The molecule has 0 bridgehead atoms. The SMILES string of the molecule is NCCCNC(=O)c1cc(Cl)ccc1Br. The molecule has 5 heteroatoms. The molecule has 1 rings (SSSR count). The topological polar surface area (TPSA) is 55.1 Å². The summed E-state index contributed by atoms with van der Waals surface area (Å²) in [7, 11) is 0. The van der Waals surface area contributed by atoms with Crippen LogP contribution in [0.2, 0.25) is 5.02 Å². The van der Waals surface area contributed by atoms with Crippen LogP contribution in [0.1, 0.15) is 16.8 Å². The summed E-state index contributed by atoms with van der Waals surface area (Å²) in [5.74, 6) is -0.141. The Hall–Kier alpha value is -0.580. The average molecular weight is 292 g/mol. The molecule has 15 heavy (non-hydrogen) atoms. The molecule has 1 aromatic carbocycles. The van der Waals surface area contributed by atoms with Crippen LogP contribution in [0, 0.1) is 0 Å². The molecule has 1 amide bonds. The van der Waals surface area contributed by atoms with Crippen molar-refractivity contribution in [3.8, 4) is 0 Å². The van der Waals surface area contributed by atoms with Gasteiger partial charge < -0.3 is 11.1 Å². The lowest BCUT2D eigenvalue weighted by Gasteiger charge is -2.06. The fourth-order valence-electron chi connectivity index (χ4n) is 1.07. The number of hydrogen-bond acceptors (Lipinski definition) is 2. The normalized spacial score (nSPS) is 10.1. The fourth-order valence-corrected chi connectivity index (χ4v) is 1.67. The Labute approximate surface area is 102 Å². The van der Waals surface area contributed by atoms with Crippen LogP contribution in [0.5, 0.6) is 0 Å². The molecule has 0 unspecified atom stereocenters. The minimum Gasteiger partial charge on any atom is -0.352 e. The number of nitrogens with two attached hydrogens (primary N) is 1. The third kappa shape index (κ3) is 3.81. The van der Waals surface area contributed by atoms with Gasteiger partial charge in [-0.1, -0.05) is 11.6 Å². The van der Waals surface area contributed by atoms with E-state index in [2.05, 4.69) is 21.2 Å². The summed E-state index contributed by atoms with van der Waals surface area (Å²) >= 11 is 9.10. The number of benzene rings is 1. The molecule has 0 aliphatic heterocycles. The molecule has 0 spiro atoms. The molecular formula is C10H12BrClN2O. The van der Waals surface area contributed by atoms with Gasteiger partial charge in [-0.25, -0.2) is 0 Å². The summed E-state index contributed by atoms with van der Waals surface area (Å²) in [5, 5.41) is 3.30. The molecule has 0 saturated carbocycles. The monoisotopic (exact) mass is 290 g/mol. The van der Waals surface area contributed by atoms with Crippen molar-refractivity contribution >= 4 is 33.4 Å². The van der Waals surface area contributed by atoms with Crippen LogP contribution in [0.25, 0.3) is 0 Å². The molecule has 0 aromatic heterocycles. The molecule has 82 valence electrons. The first-order chi connectivity index (χ1) is 7.15. The molecule has 0 radical (unpaired) electrons. The Morgan fingerprint density at radius 3 is 2.93 bits per heavy atom. The molecular weight excluding hydrogens is 279 g/mol. The lowest BCUT2D eigenvalue weighted by molar-refractivity contribution is 0.0952. The van der Waals surface area contributed by atoms with Crippen LogP contribution in [0.4, 0.5) is 0 Å². The number of nitrogens with one attached hydrogen (secondary N) is 1. The van der Waals surface area contributed by atoms with Crippen molar-refractivity contribution in [3.63, 3.8) is 0 Å². The number of carbonyl (C=O) groups excluding carboxylic acids is 1. The van der Waals surface area contributed by atoms with Gasteiger partial charge in [0.05, 0.1) is 5.56 Å². The van der Waals surface area contributed by atoms with Crippen LogP contribution in [-0.2, 0) is 0 Å². The second kappa shape index (κ2) is 6.10. The van der Waals surface area contributed by atoms with Crippen molar-refractivity contribution < 1.29 is 4.79 Å². The lowest BCUT2D eigenvalue weighted by Crippen LogP contribution is -2.26. The van der Waals surface area contributed by atoms with Gasteiger partial charge in [0.25, 0.3) is 5.91 Å². The second-order valence-corrected chi connectivity index (χ2v) is 4.31. The molecule has 0 heterocycles. The summed E-state index contributed by atoms with van der Waals surface area (Å²) in [6.07, 6.45) is 0.768.